The molecule has 0 saturated heterocycles. The first-order valence-electron chi connectivity index (χ1n) is 5.03. The highest BCUT2D eigenvalue weighted by atomic mass is 79.9. The van der Waals surface area contributed by atoms with Gasteiger partial charge in [0.1, 0.15) is 0 Å². The number of rotatable bonds is 1. The van der Waals surface area contributed by atoms with Crippen LogP contribution >= 0.6 is 15.9 Å². The summed E-state index contributed by atoms with van der Waals surface area (Å²) >= 11 is 3.47. The lowest BCUT2D eigenvalue weighted by atomic mass is 9.69. The molecule has 3 rings (SSSR count). The molecule has 2 fully saturated rings. The van der Waals surface area contributed by atoms with Crippen LogP contribution in [-0.4, -0.2) is 0 Å². The van der Waals surface area contributed by atoms with Gasteiger partial charge in [-0.1, -0.05) is 28.1 Å². The van der Waals surface area contributed by atoms with Crippen LogP contribution in [0.5, 0.6) is 0 Å². The second-order valence-corrected chi connectivity index (χ2v) is 5.57. The average molecular weight is 237 g/mol. The third-order valence-electron chi connectivity index (χ3n) is 3.66. The molecule has 0 atom stereocenters. The summed E-state index contributed by atoms with van der Waals surface area (Å²) in [6, 6.07) is 8.86. The van der Waals surface area contributed by atoms with Gasteiger partial charge >= 0.3 is 0 Å². The standard InChI is InChI=1S/C12H13Br/c13-11-3-1-9(2-4-11)10-7-12(8-10)5-6-12/h1-4,10H,5-8H2. The molecule has 68 valence electrons. The summed E-state index contributed by atoms with van der Waals surface area (Å²) in [6.45, 7) is 0. The Kier molecular flexibility index (Phi) is 1.61. The number of halogens is 1. The molecule has 1 aromatic carbocycles. The molecule has 0 bridgehead atoms. The van der Waals surface area contributed by atoms with E-state index in [1.807, 2.05) is 0 Å². The Labute approximate surface area is 87.5 Å². The Balaban J connectivity index is 1.75. The minimum Gasteiger partial charge on any atom is -0.0576 e. The van der Waals surface area contributed by atoms with Gasteiger partial charge in [-0.25, -0.2) is 0 Å². The fourth-order valence-corrected chi connectivity index (χ4v) is 2.81. The van der Waals surface area contributed by atoms with Crippen LogP contribution in [0.1, 0.15) is 37.2 Å². The summed E-state index contributed by atoms with van der Waals surface area (Å²) in [5.74, 6) is 0.871. The van der Waals surface area contributed by atoms with Gasteiger partial charge in [-0.2, -0.15) is 0 Å². The molecule has 0 radical (unpaired) electrons. The number of hydrogen-bond acceptors (Lipinski definition) is 0. The molecule has 2 aliphatic rings. The van der Waals surface area contributed by atoms with E-state index in [2.05, 4.69) is 40.2 Å². The van der Waals surface area contributed by atoms with Crippen LogP contribution in [-0.2, 0) is 0 Å². The molecule has 1 heteroatoms. The van der Waals surface area contributed by atoms with Gasteiger partial charge in [0, 0.05) is 4.47 Å². The quantitative estimate of drug-likeness (QED) is 0.689. The third kappa shape index (κ3) is 1.34. The van der Waals surface area contributed by atoms with Gasteiger partial charge in [0.15, 0.2) is 0 Å². The van der Waals surface area contributed by atoms with Crippen molar-refractivity contribution in [2.24, 2.45) is 5.41 Å². The predicted octanol–water partition coefficient (Wildman–Crippen LogP) is 4.11. The van der Waals surface area contributed by atoms with Gasteiger partial charge in [0.2, 0.25) is 0 Å². The lowest BCUT2D eigenvalue weighted by Gasteiger charge is -2.36. The highest BCUT2D eigenvalue weighted by Crippen LogP contribution is 2.66. The van der Waals surface area contributed by atoms with Crippen molar-refractivity contribution in [1.29, 1.82) is 0 Å². The molecule has 2 aliphatic carbocycles. The van der Waals surface area contributed by atoms with Crippen molar-refractivity contribution < 1.29 is 0 Å². The first-order chi connectivity index (χ1) is 6.27. The van der Waals surface area contributed by atoms with Crippen molar-refractivity contribution in [3.63, 3.8) is 0 Å². The molecule has 0 heterocycles. The van der Waals surface area contributed by atoms with Crippen LogP contribution in [0.3, 0.4) is 0 Å². The van der Waals surface area contributed by atoms with Gasteiger partial charge < -0.3 is 0 Å². The Bertz CT molecular complexity index is 313. The fourth-order valence-electron chi connectivity index (χ4n) is 2.54. The Hall–Kier alpha value is -0.300. The van der Waals surface area contributed by atoms with Gasteiger partial charge in [-0.05, 0) is 54.7 Å². The van der Waals surface area contributed by atoms with Crippen LogP contribution in [0.4, 0.5) is 0 Å². The Morgan fingerprint density at radius 3 is 2.23 bits per heavy atom. The zero-order valence-corrected chi connectivity index (χ0v) is 9.18. The Morgan fingerprint density at radius 1 is 1.08 bits per heavy atom. The van der Waals surface area contributed by atoms with E-state index in [0.717, 1.165) is 11.3 Å². The largest absolute Gasteiger partial charge is 0.0576 e. The minimum atomic E-state index is 0.831. The summed E-state index contributed by atoms with van der Waals surface area (Å²) < 4.78 is 1.19. The zero-order valence-electron chi connectivity index (χ0n) is 7.59. The van der Waals surface area contributed by atoms with Crippen LogP contribution < -0.4 is 0 Å². The molecule has 0 unspecified atom stereocenters. The van der Waals surface area contributed by atoms with Crippen LogP contribution in [0.25, 0.3) is 0 Å². The van der Waals surface area contributed by atoms with Crippen molar-refractivity contribution in [3.05, 3.63) is 34.3 Å². The lowest BCUT2D eigenvalue weighted by molar-refractivity contribution is 0.237. The molecule has 0 nitrogen and oxygen atoms in total. The summed E-state index contributed by atoms with van der Waals surface area (Å²) in [5.41, 5.74) is 2.37. The van der Waals surface area contributed by atoms with Gasteiger partial charge in [-0.15, -0.1) is 0 Å². The van der Waals surface area contributed by atoms with Crippen molar-refractivity contribution in [3.8, 4) is 0 Å². The summed E-state index contributed by atoms with van der Waals surface area (Å²) in [5, 5.41) is 0. The topological polar surface area (TPSA) is 0 Å². The third-order valence-corrected chi connectivity index (χ3v) is 4.19. The number of hydrogen-bond donors (Lipinski definition) is 0. The maximum Gasteiger partial charge on any atom is 0.0175 e. The molecule has 13 heavy (non-hydrogen) atoms. The van der Waals surface area contributed by atoms with Gasteiger partial charge in [-0.3, -0.25) is 0 Å². The summed E-state index contributed by atoms with van der Waals surface area (Å²) in [7, 11) is 0. The van der Waals surface area contributed by atoms with E-state index in [9.17, 15) is 0 Å². The smallest absolute Gasteiger partial charge is 0.0175 e. The van der Waals surface area contributed by atoms with Crippen molar-refractivity contribution in [1.82, 2.24) is 0 Å². The van der Waals surface area contributed by atoms with E-state index >= 15 is 0 Å². The van der Waals surface area contributed by atoms with Gasteiger partial charge in [0.05, 0.1) is 0 Å². The fraction of sp³-hybridized carbons (Fsp3) is 0.500. The average Bonchev–Trinajstić information content (AvgIpc) is 2.83. The molecule has 1 spiro atoms. The second kappa shape index (κ2) is 2.60. The SMILES string of the molecule is Brc1ccc(C2CC3(CC3)C2)cc1. The van der Waals surface area contributed by atoms with E-state index in [1.54, 1.807) is 5.56 Å². The van der Waals surface area contributed by atoms with Crippen LogP contribution in [0.15, 0.2) is 28.7 Å². The monoisotopic (exact) mass is 236 g/mol. The number of benzene rings is 1. The van der Waals surface area contributed by atoms with Crippen LogP contribution in [0, 0.1) is 5.41 Å². The summed E-state index contributed by atoms with van der Waals surface area (Å²) in [6.07, 6.45) is 5.91. The molecule has 1 aromatic rings. The Morgan fingerprint density at radius 2 is 1.69 bits per heavy atom. The molecule has 0 amide bonds. The molecular formula is C12H13Br. The van der Waals surface area contributed by atoms with Crippen LogP contribution in [0.2, 0.25) is 0 Å². The van der Waals surface area contributed by atoms with Crippen molar-refractivity contribution in [2.75, 3.05) is 0 Å². The van der Waals surface area contributed by atoms with Crippen molar-refractivity contribution >= 4 is 15.9 Å². The van der Waals surface area contributed by atoms with E-state index in [4.69, 9.17) is 0 Å². The highest BCUT2D eigenvalue weighted by molar-refractivity contribution is 9.10. The maximum atomic E-state index is 3.47. The summed E-state index contributed by atoms with van der Waals surface area (Å²) in [4.78, 5) is 0. The van der Waals surface area contributed by atoms with E-state index in [-0.39, 0.29) is 0 Å². The predicted molar refractivity (Wildman–Crippen MR) is 57.8 cm³/mol. The molecule has 0 aliphatic heterocycles. The van der Waals surface area contributed by atoms with E-state index in [1.165, 1.54) is 30.2 Å². The van der Waals surface area contributed by atoms with E-state index in [0.29, 0.717) is 0 Å². The molecule has 2 saturated carbocycles. The molecular weight excluding hydrogens is 224 g/mol. The molecule has 0 N–H and O–H groups in total. The molecule has 0 aromatic heterocycles. The first kappa shape index (κ1) is 8.05. The van der Waals surface area contributed by atoms with Gasteiger partial charge in [0.25, 0.3) is 0 Å². The lowest BCUT2D eigenvalue weighted by Crippen LogP contribution is -2.22. The second-order valence-electron chi connectivity index (χ2n) is 4.66. The highest BCUT2D eigenvalue weighted by Gasteiger charge is 2.52. The van der Waals surface area contributed by atoms with Crippen molar-refractivity contribution in [2.45, 2.75) is 31.6 Å². The van der Waals surface area contributed by atoms with E-state index < -0.39 is 0 Å². The minimum absolute atomic E-state index is 0.831. The first-order valence-corrected chi connectivity index (χ1v) is 5.82. The normalized spacial score (nSPS) is 24.4. The maximum absolute atomic E-state index is 3.47. The zero-order chi connectivity index (χ0) is 8.89.